The Kier molecular flexibility index (Phi) is 6.74. The second-order valence-corrected chi connectivity index (χ2v) is 6.99. The van der Waals surface area contributed by atoms with Crippen molar-refractivity contribution in [2.75, 3.05) is 20.6 Å². The van der Waals surface area contributed by atoms with Gasteiger partial charge in [-0.25, -0.2) is 0 Å². The molecule has 1 atom stereocenters. The van der Waals surface area contributed by atoms with Crippen molar-refractivity contribution >= 4 is 17.5 Å². The van der Waals surface area contributed by atoms with Gasteiger partial charge in [-0.05, 0) is 44.4 Å². The lowest BCUT2D eigenvalue weighted by molar-refractivity contribution is 0.0934. The zero-order valence-corrected chi connectivity index (χ0v) is 16.6. The van der Waals surface area contributed by atoms with Gasteiger partial charge >= 0.3 is 0 Å². The molecule has 0 fully saturated rings. The van der Waals surface area contributed by atoms with Crippen LogP contribution in [0.2, 0.25) is 5.02 Å². The monoisotopic (exact) mass is 398 g/mol. The first-order valence-electron chi connectivity index (χ1n) is 8.99. The highest BCUT2D eigenvalue weighted by Crippen LogP contribution is 2.23. The van der Waals surface area contributed by atoms with E-state index in [2.05, 4.69) is 5.32 Å². The van der Waals surface area contributed by atoms with Crippen LogP contribution in [0.3, 0.4) is 0 Å². The van der Waals surface area contributed by atoms with E-state index >= 15 is 0 Å². The van der Waals surface area contributed by atoms with E-state index in [0.717, 1.165) is 11.3 Å². The Morgan fingerprint density at radius 1 is 1.11 bits per heavy atom. The van der Waals surface area contributed by atoms with Gasteiger partial charge in [-0.15, -0.1) is 0 Å². The average Bonchev–Trinajstić information content (AvgIpc) is 3.22. The fourth-order valence-corrected chi connectivity index (χ4v) is 3.04. The van der Waals surface area contributed by atoms with E-state index in [9.17, 15) is 4.79 Å². The maximum absolute atomic E-state index is 12.8. The molecule has 28 heavy (non-hydrogen) atoms. The third kappa shape index (κ3) is 4.94. The Balaban J connectivity index is 1.68. The number of benzene rings is 2. The molecule has 5 nitrogen and oxygen atoms in total. The molecule has 146 valence electrons. The van der Waals surface area contributed by atoms with Crippen molar-refractivity contribution in [1.29, 1.82) is 0 Å². The number of carbonyl (C=O) groups is 1. The summed E-state index contributed by atoms with van der Waals surface area (Å²) in [6.45, 7) is 0.703. The van der Waals surface area contributed by atoms with Gasteiger partial charge in [0.15, 0.2) is 0 Å². The molecule has 2 aromatic carbocycles. The molecule has 0 bridgehead atoms. The van der Waals surface area contributed by atoms with Crippen LogP contribution in [0.4, 0.5) is 0 Å². The summed E-state index contributed by atoms with van der Waals surface area (Å²) in [5.74, 6) is 1.11. The second kappa shape index (κ2) is 9.44. The van der Waals surface area contributed by atoms with Gasteiger partial charge in [-0.3, -0.25) is 9.69 Å². The SMILES string of the molecule is CN(C)C(CNC(=O)c1ccccc1OCc1ccccc1Cl)c1ccco1. The van der Waals surface area contributed by atoms with Gasteiger partial charge in [-0.1, -0.05) is 41.9 Å². The molecule has 0 spiro atoms. The maximum Gasteiger partial charge on any atom is 0.255 e. The smallest absolute Gasteiger partial charge is 0.255 e. The molecule has 3 aromatic rings. The summed E-state index contributed by atoms with van der Waals surface area (Å²) in [5, 5.41) is 3.61. The van der Waals surface area contributed by atoms with Crippen molar-refractivity contribution in [3.63, 3.8) is 0 Å². The molecule has 0 aliphatic rings. The minimum atomic E-state index is -0.201. The van der Waals surface area contributed by atoms with Gasteiger partial charge in [-0.2, -0.15) is 0 Å². The lowest BCUT2D eigenvalue weighted by Gasteiger charge is -2.22. The number of hydrogen-bond acceptors (Lipinski definition) is 4. The molecular weight excluding hydrogens is 376 g/mol. The van der Waals surface area contributed by atoms with Crippen molar-refractivity contribution in [3.8, 4) is 5.75 Å². The Bertz CT molecular complexity index is 910. The molecule has 1 N–H and O–H groups in total. The van der Waals surface area contributed by atoms with E-state index in [1.165, 1.54) is 0 Å². The number of rotatable bonds is 8. The topological polar surface area (TPSA) is 54.7 Å². The van der Waals surface area contributed by atoms with Crippen molar-refractivity contribution in [2.24, 2.45) is 0 Å². The van der Waals surface area contributed by atoms with Crippen LogP contribution in [0.25, 0.3) is 0 Å². The minimum absolute atomic E-state index is 0.0600. The fraction of sp³-hybridized carbons (Fsp3) is 0.227. The van der Waals surface area contributed by atoms with Crippen molar-refractivity contribution in [1.82, 2.24) is 10.2 Å². The highest BCUT2D eigenvalue weighted by molar-refractivity contribution is 6.31. The lowest BCUT2D eigenvalue weighted by Crippen LogP contribution is -2.34. The quantitative estimate of drug-likeness (QED) is 0.605. The molecule has 0 saturated heterocycles. The summed E-state index contributed by atoms with van der Waals surface area (Å²) in [7, 11) is 3.89. The Hall–Kier alpha value is -2.76. The summed E-state index contributed by atoms with van der Waals surface area (Å²) in [4.78, 5) is 14.8. The summed E-state index contributed by atoms with van der Waals surface area (Å²) in [5.41, 5.74) is 1.34. The Morgan fingerprint density at radius 2 is 1.86 bits per heavy atom. The largest absolute Gasteiger partial charge is 0.488 e. The van der Waals surface area contributed by atoms with Gasteiger partial charge < -0.3 is 14.5 Å². The van der Waals surface area contributed by atoms with Crippen LogP contribution < -0.4 is 10.1 Å². The number of carbonyl (C=O) groups excluding carboxylic acids is 1. The molecule has 6 heteroatoms. The lowest BCUT2D eigenvalue weighted by atomic mass is 10.1. The highest BCUT2D eigenvalue weighted by Gasteiger charge is 2.19. The third-order valence-corrected chi connectivity index (χ3v) is 4.79. The second-order valence-electron chi connectivity index (χ2n) is 6.58. The first-order chi connectivity index (χ1) is 13.6. The molecule has 3 rings (SSSR count). The van der Waals surface area contributed by atoms with E-state index in [-0.39, 0.29) is 18.6 Å². The van der Waals surface area contributed by atoms with Crippen molar-refractivity contribution in [3.05, 3.63) is 88.8 Å². The van der Waals surface area contributed by atoms with Gasteiger partial charge in [0.2, 0.25) is 0 Å². The van der Waals surface area contributed by atoms with Crippen LogP contribution in [-0.4, -0.2) is 31.4 Å². The zero-order chi connectivity index (χ0) is 19.9. The molecule has 0 saturated carbocycles. The van der Waals surface area contributed by atoms with E-state index in [1.807, 2.05) is 67.5 Å². The Morgan fingerprint density at radius 3 is 2.57 bits per heavy atom. The standard InChI is InChI=1S/C22H23ClN2O3/c1-25(2)19(21-12-7-13-27-21)14-24-22(26)17-9-4-6-11-20(17)28-15-16-8-3-5-10-18(16)23/h3-13,19H,14-15H2,1-2H3,(H,24,26). The summed E-state index contributed by atoms with van der Waals surface area (Å²) < 4.78 is 11.4. The number of nitrogens with zero attached hydrogens (tertiary/aromatic N) is 1. The van der Waals surface area contributed by atoms with Crippen LogP contribution in [0.1, 0.15) is 27.7 Å². The summed E-state index contributed by atoms with van der Waals surface area (Å²) in [6, 6.07) is 18.3. The van der Waals surface area contributed by atoms with Crippen molar-refractivity contribution < 1.29 is 13.9 Å². The average molecular weight is 399 g/mol. The zero-order valence-electron chi connectivity index (χ0n) is 15.9. The van der Waals surface area contributed by atoms with Gasteiger partial charge in [0.05, 0.1) is 17.9 Å². The molecule has 0 aliphatic carbocycles. The Labute approximate surface area is 169 Å². The number of ether oxygens (including phenoxy) is 1. The predicted octanol–water partition coefficient (Wildman–Crippen LogP) is 4.54. The highest BCUT2D eigenvalue weighted by atomic mass is 35.5. The van der Waals surface area contributed by atoms with Crippen LogP contribution in [-0.2, 0) is 6.61 Å². The number of likely N-dealkylation sites (N-methyl/N-ethyl adjacent to an activating group) is 1. The molecule has 1 aromatic heterocycles. The summed E-state index contributed by atoms with van der Waals surface area (Å²) >= 11 is 6.18. The maximum atomic E-state index is 12.8. The van der Waals surface area contributed by atoms with Gasteiger partial charge in [0.25, 0.3) is 5.91 Å². The van der Waals surface area contributed by atoms with Crippen LogP contribution in [0.5, 0.6) is 5.75 Å². The van der Waals surface area contributed by atoms with E-state index in [4.69, 9.17) is 20.8 Å². The van der Waals surface area contributed by atoms with Crippen molar-refractivity contribution in [2.45, 2.75) is 12.6 Å². The van der Waals surface area contributed by atoms with Crippen LogP contribution >= 0.6 is 11.6 Å². The minimum Gasteiger partial charge on any atom is -0.488 e. The number of hydrogen-bond donors (Lipinski definition) is 1. The van der Waals surface area contributed by atoms with E-state index in [1.54, 1.807) is 18.4 Å². The number of furan rings is 1. The van der Waals surface area contributed by atoms with E-state index < -0.39 is 0 Å². The molecule has 1 amide bonds. The first kappa shape index (κ1) is 20.0. The number of halogens is 1. The van der Waals surface area contributed by atoms with Crippen LogP contribution in [0.15, 0.2) is 71.3 Å². The van der Waals surface area contributed by atoms with Gasteiger partial charge in [0, 0.05) is 17.1 Å². The van der Waals surface area contributed by atoms with Crippen LogP contribution in [0, 0.1) is 0 Å². The molecular formula is C22H23ClN2O3. The third-order valence-electron chi connectivity index (χ3n) is 4.42. The fourth-order valence-electron chi connectivity index (χ4n) is 2.85. The molecule has 1 heterocycles. The molecule has 0 aliphatic heterocycles. The predicted molar refractivity (Wildman–Crippen MR) is 110 cm³/mol. The number of para-hydroxylation sites is 1. The van der Waals surface area contributed by atoms with E-state index in [0.29, 0.717) is 22.9 Å². The number of nitrogens with one attached hydrogen (secondary N) is 1. The number of amides is 1. The summed E-state index contributed by atoms with van der Waals surface area (Å²) in [6.07, 6.45) is 1.63. The molecule has 1 unspecified atom stereocenters. The first-order valence-corrected chi connectivity index (χ1v) is 9.37. The van der Waals surface area contributed by atoms with Gasteiger partial charge in [0.1, 0.15) is 18.1 Å². The molecule has 0 radical (unpaired) electrons. The normalized spacial score (nSPS) is 12.0.